The van der Waals surface area contributed by atoms with Crippen LogP contribution in [0.4, 0.5) is 5.82 Å². The topological polar surface area (TPSA) is 87.1 Å². The van der Waals surface area contributed by atoms with E-state index in [0.717, 1.165) is 42.3 Å². The zero-order chi connectivity index (χ0) is 23.1. The van der Waals surface area contributed by atoms with E-state index in [9.17, 15) is 9.90 Å². The van der Waals surface area contributed by atoms with Crippen molar-refractivity contribution in [3.63, 3.8) is 0 Å². The number of carbonyl (C=O) groups excluding carboxylic acids is 1. The third-order valence-corrected chi connectivity index (χ3v) is 7.41. The maximum absolute atomic E-state index is 12.7. The fourth-order valence-electron chi connectivity index (χ4n) is 5.62. The van der Waals surface area contributed by atoms with Gasteiger partial charge in [0.25, 0.3) is 5.91 Å². The van der Waals surface area contributed by atoms with Crippen molar-refractivity contribution in [2.75, 3.05) is 11.9 Å². The number of phenolic OH excluding ortho intramolecular Hbond substituents is 1. The number of carbonyl (C=O) groups is 1. The van der Waals surface area contributed by atoms with Crippen molar-refractivity contribution >= 4 is 23.3 Å². The second kappa shape index (κ2) is 8.34. The summed E-state index contributed by atoms with van der Waals surface area (Å²) in [6.45, 7) is 2.45. The van der Waals surface area contributed by atoms with Gasteiger partial charge in [-0.05, 0) is 79.8 Å². The van der Waals surface area contributed by atoms with Gasteiger partial charge in [0.05, 0.1) is 5.56 Å². The molecule has 6 nitrogen and oxygen atoms in total. The van der Waals surface area contributed by atoms with E-state index >= 15 is 0 Å². The molecule has 3 N–H and O–H groups in total. The zero-order valence-corrected chi connectivity index (χ0v) is 19.3. The van der Waals surface area contributed by atoms with E-state index in [1.54, 1.807) is 24.4 Å². The second-order valence-corrected chi connectivity index (χ2v) is 9.98. The molecule has 1 heterocycles. The molecule has 0 aliphatic heterocycles. The van der Waals surface area contributed by atoms with E-state index in [1.807, 2.05) is 25.1 Å². The average Bonchev–Trinajstić information content (AvgIpc) is 2.74. The Morgan fingerprint density at radius 3 is 2.55 bits per heavy atom. The van der Waals surface area contributed by atoms with Gasteiger partial charge in [-0.3, -0.25) is 4.79 Å². The van der Waals surface area contributed by atoms with Crippen LogP contribution in [0.25, 0.3) is 0 Å². The lowest BCUT2D eigenvalue weighted by molar-refractivity contribution is -0.158. The van der Waals surface area contributed by atoms with Crippen LogP contribution in [0.15, 0.2) is 60.8 Å². The standard InChI is InChI=1S/C26H27ClN4O2/c1-17-28-11-10-23(30-17)31-26-14-25(15-26,16-26)19(12-18-6-8-20(27)9-7-18)13-29-24(33)21-4-2-3-5-22(21)32/h2-11,19,32H,12-16H2,1H3,(H,29,33)(H,28,30,31). The van der Waals surface area contributed by atoms with Crippen LogP contribution >= 0.6 is 11.6 Å². The van der Waals surface area contributed by atoms with Gasteiger partial charge in [0.2, 0.25) is 0 Å². The lowest BCUT2D eigenvalue weighted by atomic mass is 9.35. The quantitative estimate of drug-likeness (QED) is 0.449. The van der Waals surface area contributed by atoms with Crippen LogP contribution in [-0.2, 0) is 6.42 Å². The monoisotopic (exact) mass is 462 g/mol. The summed E-state index contributed by atoms with van der Waals surface area (Å²) in [6.07, 6.45) is 5.79. The van der Waals surface area contributed by atoms with Gasteiger partial charge >= 0.3 is 0 Å². The van der Waals surface area contributed by atoms with Gasteiger partial charge in [0.15, 0.2) is 0 Å². The van der Waals surface area contributed by atoms with Gasteiger partial charge in [-0.25, -0.2) is 9.97 Å². The van der Waals surface area contributed by atoms with Gasteiger partial charge in [-0.2, -0.15) is 0 Å². The van der Waals surface area contributed by atoms with Gasteiger partial charge in [-0.1, -0.05) is 35.9 Å². The Hall–Kier alpha value is -3.12. The zero-order valence-electron chi connectivity index (χ0n) is 18.5. The summed E-state index contributed by atoms with van der Waals surface area (Å²) in [5.41, 5.74) is 1.78. The predicted octanol–water partition coefficient (Wildman–Crippen LogP) is 4.77. The highest BCUT2D eigenvalue weighted by Crippen LogP contribution is 2.71. The SMILES string of the molecule is Cc1nccc(NC23CC(C(CNC(=O)c4ccccc4O)Cc4ccc(Cl)cc4)(C2)C3)n1. The van der Waals surface area contributed by atoms with Crippen LogP contribution < -0.4 is 10.6 Å². The summed E-state index contributed by atoms with van der Waals surface area (Å²) >= 11 is 6.08. The first-order valence-corrected chi connectivity index (χ1v) is 11.6. The van der Waals surface area contributed by atoms with Crippen LogP contribution in [0, 0.1) is 18.3 Å². The van der Waals surface area contributed by atoms with Crippen molar-refractivity contribution in [3.05, 3.63) is 82.8 Å². The van der Waals surface area contributed by atoms with Crippen molar-refractivity contribution < 1.29 is 9.90 Å². The molecule has 0 spiro atoms. The van der Waals surface area contributed by atoms with Crippen molar-refractivity contribution in [2.24, 2.45) is 11.3 Å². The summed E-state index contributed by atoms with van der Waals surface area (Å²) in [5, 5.41) is 17.4. The maximum Gasteiger partial charge on any atom is 0.255 e. The summed E-state index contributed by atoms with van der Waals surface area (Å²) in [4.78, 5) is 21.4. The lowest BCUT2D eigenvalue weighted by Crippen LogP contribution is -2.74. The highest BCUT2D eigenvalue weighted by molar-refractivity contribution is 6.30. The molecule has 3 aromatic rings. The first-order valence-electron chi connectivity index (χ1n) is 11.3. The minimum atomic E-state index is -0.245. The Balaban J connectivity index is 1.28. The maximum atomic E-state index is 12.7. The molecule has 3 saturated carbocycles. The molecular weight excluding hydrogens is 436 g/mol. The van der Waals surface area contributed by atoms with Crippen molar-refractivity contribution in [3.8, 4) is 5.75 Å². The number of aryl methyl sites for hydroxylation is 1. The van der Waals surface area contributed by atoms with E-state index in [2.05, 4.69) is 32.7 Å². The number of hydrogen-bond donors (Lipinski definition) is 3. The molecule has 0 radical (unpaired) electrons. The Kier molecular flexibility index (Phi) is 5.49. The lowest BCUT2D eigenvalue weighted by Gasteiger charge is -2.73. The van der Waals surface area contributed by atoms with E-state index < -0.39 is 0 Å². The molecule has 1 atom stereocenters. The van der Waals surface area contributed by atoms with Crippen LogP contribution in [-0.4, -0.2) is 33.1 Å². The smallest absolute Gasteiger partial charge is 0.255 e. The molecule has 2 bridgehead atoms. The summed E-state index contributed by atoms with van der Waals surface area (Å²) < 4.78 is 0. The van der Waals surface area contributed by atoms with Gasteiger partial charge in [-0.15, -0.1) is 0 Å². The fraction of sp³-hybridized carbons (Fsp3) is 0.346. The van der Waals surface area contributed by atoms with Crippen molar-refractivity contribution in [2.45, 2.75) is 38.1 Å². The average molecular weight is 463 g/mol. The Morgan fingerprint density at radius 2 is 1.85 bits per heavy atom. The van der Waals surface area contributed by atoms with Crippen molar-refractivity contribution in [1.82, 2.24) is 15.3 Å². The minimum absolute atomic E-state index is 0.00179. The third kappa shape index (κ3) is 4.27. The molecule has 0 saturated heterocycles. The molecule has 7 heteroatoms. The largest absolute Gasteiger partial charge is 0.507 e. The molecule has 3 aliphatic carbocycles. The van der Waals surface area contributed by atoms with Crippen molar-refractivity contribution in [1.29, 1.82) is 0 Å². The molecule has 1 amide bonds. The fourth-order valence-corrected chi connectivity index (χ4v) is 5.74. The molecule has 2 aromatic carbocycles. The number of nitrogens with one attached hydrogen (secondary N) is 2. The summed E-state index contributed by atoms with van der Waals surface area (Å²) in [5.74, 6) is 1.67. The number of hydrogen-bond acceptors (Lipinski definition) is 5. The second-order valence-electron chi connectivity index (χ2n) is 9.54. The number of halogens is 1. The van der Waals surface area contributed by atoms with E-state index in [1.165, 1.54) is 11.6 Å². The number of aromatic hydroxyl groups is 1. The Bertz CT molecular complexity index is 1160. The molecule has 33 heavy (non-hydrogen) atoms. The molecular formula is C26H27ClN4O2. The molecule has 1 unspecified atom stereocenters. The summed E-state index contributed by atoms with van der Waals surface area (Å²) in [6, 6.07) is 16.5. The Labute approximate surface area is 198 Å². The number of para-hydroxylation sites is 1. The molecule has 6 rings (SSSR count). The number of benzene rings is 2. The van der Waals surface area contributed by atoms with Crippen LogP contribution in [0.3, 0.4) is 0 Å². The molecule has 170 valence electrons. The van der Waals surface area contributed by atoms with Crippen LogP contribution in [0.5, 0.6) is 5.75 Å². The van der Waals surface area contributed by atoms with Crippen LogP contribution in [0.2, 0.25) is 5.02 Å². The normalized spacial score (nSPS) is 23.7. The minimum Gasteiger partial charge on any atom is -0.507 e. The van der Waals surface area contributed by atoms with E-state index in [0.29, 0.717) is 12.1 Å². The van der Waals surface area contributed by atoms with E-state index in [4.69, 9.17) is 11.6 Å². The number of nitrogens with zero attached hydrogens (tertiary/aromatic N) is 2. The number of anilines is 1. The Morgan fingerprint density at radius 1 is 1.12 bits per heavy atom. The number of rotatable bonds is 8. The van der Waals surface area contributed by atoms with Gasteiger partial charge in [0.1, 0.15) is 17.4 Å². The highest BCUT2D eigenvalue weighted by Gasteiger charge is 2.70. The number of aromatic nitrogens is 2. The molecule has 3 fully saturated rings. The van der Waals surface area contributed by atoms with Gasteiger partial charge < -0.3 is 15.7 Å². The van der Waals surface area contributed by atoms with Gasteiger partial charge in [0, 0.05) is 23.3 Å². The first-order chi connectivity index (χ1) is 15.9. The third-order valence-electron chi connectivity index (χ3n) is 7.16. The molecule has 1 aromatic heterocycles. The first kappa shape index (κ1) is 21.7. The summed E-state index contributed by atoms with van der Waals surface area (Å²) in [7, 11) is 0. The molecule has 3 aliphatic rings. The highest BCUT2D eigenvalue weighted by atomic mass is 35.5. The predicted molar refractivity (Wildman–Crippen MR) is 128 cm³/mol. The number of phenols is 1. The van der Waals surface area contributed by atoms with Crippen LogP contribution in [0.1, 0.15) is 41.0 Å². The van der Waals surface area contributed by atoms with E-state index in [-0.39, 0.29) is 28.5 Å². The number of amides is 1.